The van der Waals surface area contributed by atoms with Crippen LogP contribution < -0.4 is 5.32 Å². The lowest BCUT2D eigenvalue weighted by Gasteiger charge is -2.29. The van der Waals surface area contributed by atoms with Crippen LogP contribution in [-0.2, 0) is 23.2 Å². The van der Waals surface area contributed by atoms with Crippen molar-refractivity contribution in [3.05, 3.63) is 89.4 Å². The minimum atomic E-state index is -0.402. The summed E-state index contributed by atoms with van der Waals surface area (Å²) >= 11 is 0. The van der Waals surface area contributed by atoms with Gasteiger partial charge in [0.05, 0.1) is 17.2 Å². The Labute approximate surface area is 169 Å². The van der Waals surface area contributed by atoms with Crippen LogP contribution in [0.2, 0.25) is 0 Å². The quantitative estimate of drug-likeness (QED) is 0.733. The Kier molecular flexibility index (Phi) is 4.23. The number of nitrogens with zero attached hydrogens (tertiary/aromatic N) is 1. The van der Waals surface area contributed by atoms with Gasteiger partial charge in [-0.25, -0.2) is 0 Å². The number of hydrogen-bond acceptors (Lipinski definition) is 3. The fourth-order valence-electron chi connectivity index (χ4n) is 4.16. The van der Waals surface area contributed by atoms with Crippen molar-refractivity contribution in [1.82, 2.24) is 4.90 Å². The number of fused-ring (bicyclic) bond motifs is 1. The van der Waals surface area contributed by atoms with Crippen molar-refractivity contribution in [2.24, 2.45) is 0 Å². The molecule has 2 amide bonds. The first-order valence-electron chi connectivity index (χ1n) is 9.96. The predicted octanol–water partition coefficient (Wildman–Crippen LogP) is 4.15. The monoisotopic (exact) mass is 386 g/mol. The van der Waals surface area contributed by atoms with Crippen LogP contribution >= 0.6 is 0 Å². The van der Waals surface area contributed by atoms with Gasteiger partial charge in [-0.05, 0) is 54.2 Å². The van der Waals surface area contributed by atoms with Crippen molar-refractivity contribution >= 4 is 17.5 Å². The van der Waals surface area contributed by atoms with Gasteiger partial charge in [0.15, 0.2) is 0 Å². The van der Waals surface area contributed by atoms with E-state index < -0.39 is 5.41 Å². The summed E-state index contributed by atoms with van der Waals surface area (Å²) in [5, 5.41) is 3.11. The maximum Gasteiger partial charge on any atom is 0.257 e. The van der Waals surface area contributed by atoms with Gasteiger partial charge < -0.3 is 14.6 Å². The third-order valence-electron chi connectivity index (χ3n) is 6.04. The molecule has 2 heterocycles. The minimum Gasteiger partial charge on any atom is -0.472 e. The fourth-order valence-corrected chi connectivity index (χ4v) is 4.16. The fraction of sp³-hybridized carbons (Fsp3) is 0.250. The minimum absolute atomic E-state index is 0.0279. The molecule has 1 N–H and O–H groups in total. The summed E-state index contributed by atoms with van der Waals surface area (Å²) in [5.74, 6) is 0.0191. The third-order valence-corrected chi connectivity index (χ3v) is 6.04. The van der Waals surface area contributed by atoms with Gasteiger partial charge in [0, 0.05) is 18.8 Å². The van der Waals surface area contributed by atoms with Crippen molar-refractivity contribution in [2.75, 3.05) is 11.9 Å². The number of carbonyl (C=O) groups is 2. The first kappa shape index (κ1) is 17.7. The lowest BCUT2D eigenvalue weighted by molar-refractivity contribution is -0.118. The summed E-state index contributed by atoms with van der Waals surface area (Å²) in [6.45, 7) is 1.22. The van der Waals surface area contributed by atoms with E-state index in [1.165, 1.54) is 18.1 Å². The van der Waals surface area contributed by atoms with E-state index in [1.54, 1.807) is 6.07 Å². The summed E-state index contributed by atoms with van der Waals surface area (Å²) in [6.07, 6.45) is 5.55. The normalized spacial score (nSPS) is 16.8. The molecular formula is C24H22N2O3. The maximum atomic E-state index is 13.0. The van der Waals surface area contributed by atoms with E-state index in [1.807, 2.05) is 47.4 Å². The highest BCUT2D eigenvalue weighted by atomic mass is 16.3. The van der Waals surface area contributed by atoms with E-state index in [0.29, 0.717) is 18.7 Å². The molecule has 146 valence electrons. The molecule has 0 bridgehead atoms. The molecule has 0 saturated heterocycles. The van der Waals surface area contributed by atoms with Gasteiger partial charge >= 0.3 is 0 Å². The number of amides is 2. The average molecular weight is 386 g/mol. The molecule has 5 nitrogen and oxygen atoms in total. The van der Waals surface area contributed by atoms with Crippen LogP contribution in [0.3, 0.4) is 0 Å². The zero-order valence-electron chi connectivity index (χ0n) is 16.1. The lowest BCUT2D eigenvalue weighted by Crippen LogP contribution is -2.36. The Morgan fingerprint density at radius 3 is 2.55 bits per heavy atom. The highest BCUT2D eigenvalue weighted by Crippen LogP contribution is 2.49. The summed E-state index contributed by atoms with van der Waals surface area (Å²) in [5.41, 5.74) is 4.33. The molecule has 29 heavy (non-hydrogen) atoms. The number of nitrogens with one attached hydrogen (secondary N) is 1. The van der Waals surface area contributed by atoms with Gasteiger partial charge in [0.1, 0.15) is 6.26 Å². The number of benzene rings is 2. The van der Waals surface area contributed by atoms with Crippen LogP contribution in [0.4, 0.5) is 5.69 Å². The Hall–Kier alpha value is -3.34. The standard InChI is InChI=1S/C24H22N2O3/c27-22(18-9-13-29-16-18)26-12-8-17-6-7-21(14-19(17)15-26)25-23(28)24(10-11-24)20-4-2-1-3-5-20/h1-7,9,13-14,16H,8,10-12,15H2,(H,25,28). The lowest BCUT2D eigenvalue weighted by atomic mass is 9.94. The Morgan fingerprint density at radius 1 is 1.00 bits per heavy atom. The molecule has 3 aromatic rings. The SMILES string of the molecule is O=C(c1ccoc1)N1CCc2ccc(NC(=O)C3(c4ccccc4)CC3)cc2C1. The van der Waals surface area contributed by atoms with Crippen LogP contribution in [0.15, 0.2) is 71.5 Å². The number of furan rings is 1. The first-order chi connectivity index (χ1) is 14.2. The molecular weight excluding hydrogens is 364 g/mol. The summed E-state index contributed by atoms with van der Waals surface area (Å²) < 4.78 is 5.04. The molecule has 5 heteroatoms. The molecule has 5 rings (SSSR count). The van der Waals surface area contributed by atoms with Gasteiger partial charge in [0.2, 0.25) is 5.91 Å². The van der Waals surface area contributed by atoms with E-state index in [9.17, 15) is 9.59 Å². The van der Waals surface area contributed by atoms with Gasteiger partial charge in [0.25, 0.3) is 5.91 Å². The predicted molar refractivity (Wildman–Crippen MR) is 110 cm³/mol. The molecule has 0 radical (unpaired) electrons. The number of anilines is 1. The van der Waals surface area contributed by atoms with E-state index in [-0.39, 0.29) is 11.8 Å². The maximum absolute atomic E-state index is 13.0. The van der Waals surface area contributed by atoms with E-state index >= 15 is 0 Å². The van der Waals surface area contributed by atoms with E-state index in [4.69, 9.17) is 4.42 Å². The molecule has 0 unspecified atom stereocenters. The van der Waals surface area contributed by atoms with Crippen LogP contribution in [0.1, 0.15) is 39.9 Å². The van der Waals surface area contributed by atoms with Gasteiger partial charge in [-0.15, -0.1) is 0 Å². The summed E-state index contributed by atoms with van der Waals surface area (Å²) in [7, 11) is 0. The van der Waals surface area contributed by atoms with Crippen LogP contribution in [0.25, 0.3) is 0 Å². The number of rotatable bonds is 4. The van der Waals surface area contributed by atoms with Gasteiger partial charge in [-0.1, -0.05) is 36.4 Å². The second kappa shape index (κ2) is 6.92. The third kappa shape index (κ3) is 3.23. The van der Waals surface area contributed by atoms with Crippen molar-refractivity contribution in [2.45, 2.75) is 31.2 Å². The van der Waals surface area contributed by atoms with E-state index in [2.05, 4.69) is 11.4 Å². The first-order valence-corrected chi connectivity index (χ1v) is 9.96. The van der Waals surface area contributed by atoms with Crippen molar-refractivity contribution < 1.29 is 14.0 Å². The summed E-state index contributed by atoms with van der Waals surface area (Å²) in [4.78, 5) is 27.5. The molecule has 2 aromatic carbocycles. The molecule has 2 aliphatic rings. The zero-order chi connectivity index (χ0) is 19.8. The van der Waals surface area contributed by atoms with Crippen LogP contribution in [0, 0.1) is 0 Å². The molecule has 1 fully saturated rings. The largest absolute Gasteiger partial charge is 0.472 e. The second-order valence-electron chi connectivity index (χ2n) is 7.87. The topological polar surface area (TPSA) is 62.6 Å². The van der Waals surface area contributed by atoms with Crippen molar-refractivity contribution in [3.8, 4) is 0 Å². The van der Waals surface area contributed by atoms with Crippen molar-refractivity contribution in [3.63, 3.8) is 0 Å². The number of hydrogen-bond donors (Lipinski definition) is 1. The smallest absolute Gasteiger partial charge is 0.257 e. The van der Waals surface area contributed by atoms with E-state index in [0.717, 1.165) is 36.1 Å². The highest BCUT2D eigenvalue weighted by Gasteiger charge is 2.51. The molecule has 1 aliphatic heterocycles. The van der Waals surface area contributed by atoms with Gasteiger partial charge in [-0.2, -0.15) is 0 Å². The second-order valence-corrected chi connectivity index (χ2v) is 7.87. The zero-order valence-corrected chi connectivity index (χ0v) is 16.1. The Morgan fingerprint density at radius 2 is 1.83 bits per heavy atom. The molecule has 1 aliphatic carbocycles. The molecule has 0 spiro atoms. The average Bonchev–Trinajstić information content (AvgIpc) is 3.40. The molecule has 1 aromatic heterocycles. The van der Waals surface area contributed by atoms with Crippen LogP contribution in [-0.4, -0.2) is 23.3 Å². The summed E-state index contributed by atoms with van der Waals surface area (Å²) in [6, 6.07) is 17.7. The number of carbonyl (C=O) groups excluding carboxylic acids is 2. The van der Waals surface area contributed by atoms with Crippen LogP contribution in [0.5, 0.6) is 0 Å². The Bertz CT molecular complexity index is 1050. The highest BCUT2D eigenvalue weighted by molar-refractivity contribution is 6.01. The molecule has 1 saturated carbocycles. The molecule has 0 atom stereocenters. The van der Waals surface area contributed by atoms with Gasteiger partial charge in [-0.3, -0.25) is 9.59 Å². The Balaban J connectivity index is 1.33. The van der Waals surface area contributed by atoms with Crippen molar-refractivity contribution in [1.29, 1.82) is 0 Å².